The van der Waals surface area contributed by atoms with Crippen LogP contribution in [0.25, 0.3) is 10.9 Å². The molecule has 2 aromatic carbocycles. The third-order valence-electron chi connectivity index (χ3n) is 3.66. The minimum atomic E-state index is -0.662. The van der Waals surface area contributed by atoms with E-state index in [1.807, 2.05) is 0 Å². The van der Waals surface area contributed by atoms with Gasteiger partial charge in [-0.15, -0.1) is 0 Å². The number of nitrogens with two attached hydrogens (primary N) is 1. The van der Waals surface area contributed by atoms with Crippen LogP contribution in [0.3, 0.4) is 0 Å². The van der Waals surface area contributed by atoms with Crippen LogP contribution in [0.15, 0.2) is 36.5 Å². The summed E-state index contributed by atoms with van der Waals surface area (Å²) in [5.41, 5.74) is 6.30. The molecule has 1 amide bonds. The maximum Gasteiger partial charge on any atom is 0.412 e. The molecule has 0 spiro atoms. The Morgan fingerprint density at radius 1 is 1.22 bits per heavy atom. The second-order valence-corrected chi connectivity index (χ2v) is 7.09. The van der Waals surface area contributed by atoms with E-state index in [2.05, 4.69) is 10.4 Å². The number of aryl methyl sites for hydroxylation is 1. The van der Waals surface area contributed by atoms with Crippen LogP contribution >= 0.6 is 0 Å². The molecule has 0 fully saturated rings. The van der Waals surface area contributed by atoms with E-state index in [4.69, 9.17) is 15.2 Å². The summed E-state index contributed by atoms with van der Waals surface area (Å²) < 4.78 is 26.8. The first-order valence-electron chi connectivity index (χ1n) is 8.31. The lowest BCUT2D eigenvalue weighted by molar-refractivity contribution is 0.0635. The Morgan fingerprint density at radius 3 is 2.63 bits per heavy atom. The molecular weight excluding hydrogens is 351 g/mol. The van der Waals surface area contributed by atoms with E-state index in [9.17, 15) is 9.18 Å². The minimum Gasteiger partial charge on any atom is -0.452 e. The Hall–Kier alpha value is -3.29. The highest BCUT2D eigenvalue weighted by Gasteiger charge is 2.19. The summed E-state index contributed by atoms with van der Waals surface area (Å²) in [5.74, 6) is -0.366. The monoisotopic (exact) mass is 372 g/mol. The topological polar surface area (TPSA) is 91.4 Å². The van der Waals surface area contributed by atoms with Crippen molar-refractivity contribution in [2.75, 3.05) is 11.1 Å². The van der Waals surface area contributed by atoms with Gasteiger partial charge in [0.1, 0.15) is 5.60 Å². The van der Waals surface area contributed by atoms with Crippen molar-refractivity contribution in [1.82, 2.24) is 9.78 Å². The van der Waals surface area contributed by atoms with Gasteiger partial charge in [0.05, 0.1) is 17.4 Å². The maximum absolute atomic E-state index is 14.1. The number of nitrogens with zero attached hydrogens (tertiary/aromatic N) is 2. The number of anilines is 2. The molecule has 3 aromatic rings. The molecule has 27 heavy (non-hydrogen) atoms. The largest absolute Gasteiger partial charge is 0.452 e. The van der Waals surface area contributed by atoms with Crippen molar-refractivity contribution >= 4 is 28.4 Å². The zero-order valence-corrected chi connectivity index (χ0v) is 15.5. The highest BCUT2D eigenvalue weighted by molar-refractivity contribution is 5.93. The van der Waals surface area contributed by atoms with Gasteiger partial charge in [0, 0.05) is 24.2 Å². The average Bonchev–Trinajstić information content (AvgIpc) is 2.89. The molecule has 3 rings (SSSR count). The third kappa shape index (κ3) is 4.28. The molecule has 0 bridgehead atoms. The Kier molecular flexibility index (Phi) is 4.65. The number of nitrogen functional groups attached to an aromatic ring is 1. The Balaban J connectivity index is 2.00. The van der Waals surface area contributed by atoms with Crippen molar-refractivity contribution in [2.24, 2.45) is 7.05 Å². The summed E-state index contributed by atoms with van der Waals surface area (Å²) in [6.45, 7) is 5.29. The number of carbonyl (C=O) groups excluding carboxylic acids is 1. The predicted molar refractivity (Wildman–Crippen MR) is 101 cm³/mol. The van der Waals surface area contributed by atoms with Crippen LogP contribution < -0.4 is 15.8 Å². The molecule has 0 radical (unpaired) electrons. The molecule has 0 atom stereocenters. The van der Waals surface area contributed by atoms with Crippen molar-refractivity contribution in [1.29, 1.82) is 0 Å². The van der Waals surface area contributed by atoms with Crippen molar-refractivity contribution < 1.29 is 18.7 Å². The number of hydrogen-bond acceptors (Lipinski definition) is 5. The van der Waals surface area contributed by atoms with E-state index in [1.165, 1.54) is 18.2 Å². The van der Waals surface area contributed by atoms with Gasteiger partial charge < -0.3 is 15.2 Å². The van der Waals surface area contributed by atoms with E-state index < -0.39 is 17.5 Å². The number of benzene rings is 2. The van der Waals surface area contributed by atoms with E-state index in [0.717, 1.165) is 10.9 Å². The first-order valence-corrected chi connectivity index (χ1v) is 8.31. The van der Waals surface area contributed by atoms with Gasteiger partial charge in [-0.2, -0.15) is 5.10 Å². The molecule has 1 heterocycles. The first-order chi connectivity index (χ1) is 12.6. The Morgan fingerprint density at radius 2 is 1.96 bits per heavy atom. The van der Waals surface area contributed by atoms with E-state index in [-0.39, 0.29) is 17.2 Å². The number of halogens is 1. The fraction of sp³-hybridized carbons (Fsp3) is 0.263. The molecule has 7 nitrogen and oxygen atoms in total. The van der Waals surface area contributed by atoms with Gasteiger partial charge in [0.15, 0.2) is 17.3 Å². The zero-order chi connectivity index (χ0) is 19.8. The number of ether oxygens (including phenoxy) is 2. The number of fused-ring (bicyclic) bond motifs is 1. The van der Waals surface area contributed by atoms with Crippen LogP contribution in [0.5, 0.6) is 11.5 Å². The number of aromatic nitrogens is 2. The van der Waals surface area contributed by atoms with Crippen LogP contribution in [0.4, 0.5) is 20.6 Å². The number of nitrogens with one attached hydrogen (secondary N) is 1. The van der Waals surface area contributed by atoms with Gasteiger partial charge in [-0.1, -0.05) is 0 Å². The second kappa shape index (κ2) is 6.79. The lowest BCUT2D eigenvalue weighted by Crippen LogP contribution is -2.27. The van der Waals surface area contributed by atoms with Crippen molar-refractivity contribution in [2.45, 2.75) is 26.4 Å². The summed E-state index contributed by atoms with van der Waals surface area (Å²) >= 11 is 0. The lowest BCUT2D eigenvalue weighted by atomic mass is 10.2. The molecule has 8 heteroatoms. The van der Waals surface area contributed by atoms with Crippen LogP contribution in [0.2, 0.25) is 0 Å². The SMILES string of the molecule is Cn1ncc2cc(Oc3ccc(N)cc3F)c(NC(=O)OC(C)(C)C)cc21. The van der Waals surface area contributed by atoms with E-state index in [0.29, 0.717) is 5.69 Å². The maximum atomic E-state index is 14.1. The average molecular weight is 372 g/mol. The summed E-state index contributed by atoms with van der Waals surface area (Å²) in [6.07, 6.45) is 1.00. The molecule has 0 aliphatic rings. The standard InChI is InChI=1S/C19H21FN4O3/c1-19(2,3)27-18(25)23-14-9-15-11(10-22-24(15)4)7-17(14)26-16-6-5-12(21)8-13(16)20/h5-10H,21H2,1-4H3,(H,23,25). The second-order valence-electron chi connectivity index (χ2n) is 7.09. The van der Waals surface area contributed by atoms with Crippen molar-refractivity contribution in [3.05, 3.63) is 42.3 Å². The van der Waals surface area contributed by atoms with Gasteiger partial charge >= 0.3 is 6.09 Å². The molecule has 1 aromatic heterocycles. The van der Waals surface area contributed by atoms with Crippen molar-refractivity contribution in [3.8, 4) is 11.5 Å². The molecule has 0 aliphatic carbocycles. The molecule has 3 N–H and O–H groups in total. The fourth-order valence-electron chi connectivity index (χ4n) is 2.49. The van der Waals surface area contributed by atoms with Gasteiger partial charge in [-0.25, -0.2) is 9.18 Å². The van der Waals surface area contributed by atoms with Crippen LogP contribution in [0, 0.1) is 5.82 Å². The minimum absolute atomic E-state index is 0.0142. The summed E-state index contributed by atoms with van der Waals surface area (Å²) in [5, 5.41) is 7.61. The summed E-state index contributed by atoms with van der Waals surface area (Å²) in [7, 11) is 1.78. The zero-order valence-electron chi connectivity index (χ0n) is 15.5. The lowest BCUT2D eigenvalue weighted by Gasteiger charge is -2.20. The highest BCUT2D eigenvalue weighted by Crippen LogP contribution is 2.35. The van der Waals surface area contributed by atoms with E-state index >= 15 is 0 Å². The van der Waals surface area contributed by atoms with Crippen LogP contribution in [-0.2, 0) is 11.8 Å². The van der Waals surface area contributed by atoms with Crippen LogP contribution in [-0.4, -0.2) is 21.5 Å². The number of amides is 1. The third-order valence-corrected chi connectivity index (χ3v) is 3.66. The Bertz CT molecular complexity index is 1010. The fourth-order valence-corrected chi connectivity index (χ4v) is 2.49. The molecule has 0 saturated carbocycles. The molecule has 142 valence electrons. The smallest absolute Gasteiger partial charge is 0.412 e. The number of rotatable bonds is 3. The van der Waals surface area contributed by atoms with Gasteiger partial charge in [0.25, 0.3) is 0 Å². The molecule has 0 saturated heterocycles. The van der Waals surface area contributed by atoms with E-state index in [1.54, 1.807) is 50.8 Å². The quantitative estimate of drug-likeness (QED) is 0.664. The summed E-state index contributed by atoms with van der Waals surface area (Å²) in [6, 6.07) is 7.48. The van der Waals surface area contributed by atoms with Gasteiger partial charge in [-0.05, 0) is 45.0 Å². The molecule has 0 unspecified atom stereocenters. The first kappa shape index (κ1) is 18.5. The molecule has 0 aliphatic heterocycles. The van der Waals surface area contributed by atoms with Gasteiger partial charge in [0.2, 0.25) is 0 Å². The highest BCUT2D eigenvalue weighted by atomic mass is 19.1. The summed E-state index contributed by atoms with van der Waals surface area (Å²) in [4.78, 5) is 12.2. The predicted octanol–water partition coefficient (Wildman–Crippen LogP) is 4.43. The number of carbonyl (C=O) groups is 1. The normalized spacial score (nSPS) is 11.4. The molecular formula is C19H21FN4O3. The number of hydrogen-bond donors (Lipinski definition) is 2. The van der Waals surface area contributed by atoms with Gasteiger partial charge in [-0.3, -0.25) is 10.00 Å². The van der Waals surface area contributed by atoms with Crippen molar-refractivity contribution in [3.63, 3.8) is 0 Å². The van der Waals surface area contributed by atoms with Crippen LogP contribution in [0.1, 0.15) is 20.8 Å². The Labute approximate surface area is 155 Å².